The summed E-state index contributed by atoms with van der Waals surface area (Å²) < 4.78 is 1.56. The highest BCUT2D eigenvalue weighted by atomic mass is 16.8. The molecule has 0 radical (unpaired) electrons. The second-order valence-electron chi connectivity index (χ2n) is 6.31. The Hall–Kier alpha value is -2.22. The van der Waals surface area contributed by atoms with Crippen LogP contribution in [0.4, 0.5) is 5.82 Å². The molecule has 0 bridgehead atoms. The summed E-state index contributed by atoms with van der Waals surface area (Å²) in [6, 6.07) is 8.74. The van der Waals surface area contributed by atoms with Gasteiger partial charge in [-0.25, -0.2) is 0 Å². The molecule has 1 aliphatic rings. The Morgan fingerprint density at radius 3 is 2.50 bits per heavy atom. The minimum Gasteiger partial charge on any atom is -0.626 e. The van der Waals surface area contributed by atoms with E-state index in [1.165, 1.54) is 12.5 Å². The third-order valence-electron chi connectivity index (χ3n) is 4.55. The summed E-state index contributed by atoms with van der Waals surface area (Å²) in [5.41, 5.74) is 0.809. The molecule has 2 heterocycles. The molecule has 0 aliphatic carbocycles. The van der Waals surface area contributed by atoms with Crippen LogP contribution in [0.1, 0.15) is 31.4 Å². The van der Waals surface area contributed by atoms with Gasteiger partial charge in [0.25, 0.3) is 0 Å². The van der Waals surface area contributed by atoms with Crippen molar-refractivity contribution in [2.45, 2.75) is 25.8 Å². The number of amides is 1. The van der Waals surface area contributed by atoms with Crippen LogP contribution in [0.2, 0.25) is 0 Å². The number of imidazole rings is 1. The van der Waals surface area contributed by atoms with E-state index >= 15 is 0 Å². The van der Waals surface area contributed by atoms with E-state index in [4.69, 9.17) is 0 Å². The van der Waals surface area contributed by atoms with Gasteiger partial charge in [-0.3, -0.25) is 4.79 Å². The molecule has 1 atom stereocenters. The quantitative estimate of drug-likeness (QED) is 0.855. The molecule has 1 saturated heterocycles. The Labute approximate surface area is 140 Å². The molecular formula is C17H21N4O3-. The lowest BCUT2D eigenvalue weighted by atomic mass is 9.97. The minimum atomic E-state index is -1.35. The average molecular weight is 329 g/mol. The van der Waals surface area contributed by atoms with Crippen molar-refractivity contribution in [1.29, 1.82) is 0 Å². The fourth-order valence-electron chi connectivity index (χ4n) is 3.06. The summed E-state index contributed by atoms with van der Waals surface area (Å²) in [5, 5.41) is 20.7. The zero-order valence-electron chi connectivity index (χ0n) is 13.6. The molecule has 24 heavy (non-hydrogen) atoms. The standard InChI is InChI=1S/C17H21N4O3/c1-13-7-9-19(10-8-13)17(22)16(14-5-3-2-4-6-14)20-11-15(18-12-20)21(23)24/h2-6,11-13,16,21H,7-10H2,1H3/q-1. The first kappa shape index (κ1) is 16.6. The molecule has 2 aromatic rings. The molecule has 1 aliphatic heterocycles. The summed E-state index contributed by atoms with van der Waals surface area (Å²) in [7, 11) is 0. The van der Waals surface area contributed by atoms with Crippen molar-refractivity contribution in [2.75, 3.05) is 13.1 Å². The molecule has 0 saturated carbocycles. The number of hydrogen-bond acceptors (Lipinski definition) is 4. The molecule has 0 spiro atoms. The van der Waals surface area contributed by atoms with Crippen molar-refractivity contribution >= 4 is 11.7 Å². The van der Waals surface area contributed by atoms with Gasteiger partial charge in [-0.05, 0) is 24.3 Å². The average Bonchev–Trinajstić information content (AvgIpc) is 3.06. The number of hydrogen-bond donors (Lipinski definition) is 1. The number of piperidine rings is 1. The van der Waals surface area contributed by atoms with Crippen molar-refractivity contribution < 1.29 is 10.0 Å². The predicted molar refractivity (Wildman–Crippen MR) is 89.1 cm³/mol. The van der Waals surface area contributed by atoms with E-state index in [-0.39, 0.29) is 11.7 Å². The lowest BCUT2D eigenvalue weighted by Crippen LogP contribution is -2.96. The first-order valence-corrected chi connectivity index (χ1v) is 8.15. The van der Waals surface area contributed by atoms with Crippen molar-refractivity contribution in [3.8, 4) is 0 Å². The number of nitrogens with zero attached hydrogens (tertiary/aromatic N) is 3. The van der Waals surface area contributed by atoms with Gasteiger partial charge in [0.2, 0.25) is 11.7 Å². The molecule has 7 nitrogen and oxygen atoms in total. The monoisotopic (exact) mass is 329 g/mol. The highest BCUT2D eigenvalue weighted by Crippen LogP contribution is 2.25. The number of quaternary nitrogens is 1. The van der Waals surface area contributed by atoms with Gasteiger partial charge >= 0.3 is 0 Å². The van der Waals surface area contributed by atoms with Crippen molar-refractivity contribution in [3.63, 3.8) is 0 Å². The van der Waals surface area contributed by atoms with Gasteiger partial charge in [-0.15, -0.1) is 0 Å². The van der Waals surface area contributed by atoms with Gasteiger partial charge in [-0.2, -0.15) is 4.98 Å². The smallest absolute Gasteiger partial charge is 0.250 e. The number of nitrogens with one attached hydrogen (secondary N) is 1. The van der Waals surface area contributed by atoms with Gasteiger partial charge in [-0.1, -0.05) is 37.3 Å². The number of carbonyl (C=O) groups is 1. The zero-order chi connectivity index (χ0) is 17.1. The number of rotatable bonds is 4. The predicted octanol–water partition coefficient (Wildman–Crippen LogP) is 1.24. The number of benzene rings is 1. The molecule has 7 heteroatoms. The number of aromatic nitrogens is 2. The first-order chi connectivity index (χ1) is 11.6. The lowest BCUT2D eigenvalue weighted by Gasteiger charge is -2.33. The van der Waals surface area contributed by atoms with E-state index in [1.807, 2.05) is 35.2 Å². The Kier molecular flexibility index (Phi) is 4.94. The van der Waals surface area contributed by atoms with Crippen LogP contribution in [-0.4, -0.2) is 33.4 Å². The van der Waals surface area contributed by atoms with Crippen molar-refractivity contribution in [1.82, 2.24) is 14.5 Å². The Morgan fingerprint density at radius 1 is 1.25 bits per heavy atom. The van der Waals surface area contributed by atoms with Gasteiger partial charge in [0.15, 0.2) is 0 Å². The van der Waals surface area contributed by atoms with Crippen LogP contribution >= 0.6 is 0 Å². The van der Waals surface area contributed by atoms with Crippen LogP contribution in [0.25, 0.3) is 0 Å². The third-order valence-corrected chi connectivity index (χ3v) is 4.55. The highest BCUT2D eigenvalue weighted by Gasteiger charge is 2.30. The van der Waals surface area contributed by atoms with Gasteiger partial charge in [0.05, 0.1) is 6.20 Å². The molecular weight excluding hydrogens is 308 g/mol. The van der Waals surface area contributed by atoms with Crippen molar-refractivity contribution in [2.24, 2.45) is 5.92 Å². The number of likely N-dealkylation sites (tertiary alicyclic amines) is 1. The Balaban J connectivity index is 1.91. The maximum atomic E-state index is 13.1. The van der Waals surface area contributed by atoms with E-state index in [9.17, 15) is 15.2 Å². The minimum absolute atomic E-state index is 0.0320. The summed E-state index contributed by atoms with van der Waals surface area (Å²) >= 11 is 0. The van der Waals surface area contributed by atoms with Gasteiger partial charge < -0.3 is 25.1 Å². The third kappa shape index (κ3) is 3.48. The van der Waals surface area contributed by atoms with Gasteiger partial charge in [0, 0.05) is 13.1 Å². The molecule has 1 aromatic heterocycles. The van der Waals surface area contributed by atoms with Gasteiger partial charge in [0.1, 0.15) is 12.4 Å². The molecule has 1 fully saturated rings. The highest BCUT2D eigenvalue weighted by molar-refractivity contribution is 5.83. The van der Waals surface area contributed by atoms with E-state index < -0.39 is 11.3 Å². The molecule has 1 amide bonds. The lowest BCUT2D eigenvalue weighted by molar-refractivity contribution is -0.718. The van der Waals surface area contributed by atoms with E-state index in [1.54, 1.807) is 4.57 Å². The fraction of sp³-hybridized carbons (Fsp3) is 0.412. The SMILES string of the molecule is CC1CCN(C(=O)C(c2ccccc2)n2cnc([NH+]([O-])[O-])c2)CC1. The molecule has 128 valence electrons. The maximum Gasteiger partial charge on any atom is 0.250 e. The topological polar surface area (TPSA) is 88.7 Å². The number of carbonyl (C=O) groups excluding carboxylic acids is 1. The summed E-state index contributed by atoms with van der Waals surface area (Å²) in [6.45, 7) is 3.65. The van der Waals surface area contributed by atoms with E-state index in [2.05, 4.69) is 11.9 Å². The van der Waals surface area contributed by atoms with Crippen LogP contribution in [0.3, 0.4) is 0 Å². The Morgan fingerprint density at radius 2 is 1.92 bits per heavy atom. The second-order valence-corrected chi connectivity index (χ2v) is 6.31. The van der Waals surface area contributed by atoms with Crippen molar-refractivity contribution in [3.05, 3.63) is 58.8 Å². The van der Waals surface area contributed by atoms with Crippen LogP contribution in [0.15, 0.2) is 42.9 Å². The maximum absolute atomic E-state index is 13.1. The van der Waals surface area contributed by atoms with Crippen LogP contribution in [-0.2, 0) is 4.79 Å². The molecule has 3 rings (SSSR count). The summed E-state index contributed by atoms with van der Waals surface area (Å²) in [4.78, 5) is 18.8. The zero-order valence-corrected chi connectivity index (χ0v) is 13.6. The normalized spacial score (nSPS) is 17.2. The van der Waals surface area contributed by atoms with Crippen LogP contribution in [0.5, 0.6) is 0 Å². The first-order valence-electron chi connectivity index (χ1n) is 8.15. The summed E-state index contributed by atoms with van der Waals surface area (Å²) in [5.74, 6) is 0.425. The fourth-order valence-corrected chi connectivity index (χ4v) is 3.06. The second kappa shape index (κ2) is 7.12. The van der Waals surface area contributed by atoms with E-state index in [0.717, 1.165) is 31.5 Å². The van der Waals surface area contributed by atoms with Crippen LogP contribution < -0.4 is 5.23 Å². The molecule has 1 aromatic carbocycles. The summed E-state index contributed by atoms with van der Waals surface area (Å²) in [6.07, 6.45) is 4.72. The molecule has 1 unspecified atom stereocenters. The Bertz CT molecular complexity index is 678. The largest absolute Gasteiger partial charge is 0.626 e. The van der Waals surface area contributed by atoms with E-state index in [0.29, 0.717) is 5.92 Å². The molecule has 1 N–H and O–H groups in total. The van der Waals surface area contributed by atoms with Crippen LogP contribution in [0, 0.1) is 16.3 Å².